The number of carbonyl (C=O) groups excluding carboxylic acids is 1. The lowest BCUT2D eigenvalue weighted by Gasteiger charge is -2.35. The van der Waals surface area contributed by atoms with E-state index < -0.39 is 0 Å². The third-order valence-electron chi connectivity index (χ3n) is 3.47. The van der Waals surface area contributed by atoms with Gasteiger partial charge in [0, 0.05) is 25.3 Å². The number of aromatic nitrogens is 1. The average Bonchev–Trinajstić information content (AvgIpc) is 2.32. The Balaban J connectivity index is 2.14. The molecular weight excluding hydrogens is 214 g/mol. The zero-order valence-electron chi connectivity index (χ0n) is 10.4. The molecule has 4 heteroatoms. The van der Waals surface area contributed by atoms with Gasteiger partial charge in [-0.05, 0) is 30.9 Å². The summed E-state index contributed by atoms with van der Waals surface area (Å²) in [5.41, 5.74) is 7.45. The molecule has 1 aromatic heterocycles. The van der Waals surface area contributed by atoms with E-state index >= 15 is 0 Å². The van der Waals surface area contributed by atoms with Gasteiger partial charge in [-0.1, -0.05) is 13.0 Å². The van der Waals surface area contributed by atoms with Gasteiger partial charge in [-0.2, -0.15) is 0 Å². The molecule has 2 N–H and O–H groups in total. The Hall–Kier alpha value is -1.42. The highest BCUT2D eigenvalue weighted by atomic mass is 16.2. The van der Waals surface area contributed by atoms with Crippen molar-refractivity contribution in [1.29, 1.82) is 0 Å². The SMILES string of the molecule is Cc1cccnc1C(=O)N1CCC(N)C(C)C1. The van der Waals surface area contributed by atoms with Crippen LogP contribution in [0.1, 0.15) is 29.4 Å². The Morgan fingerprint density at radius 1 is 1.59 bits per heavy atom. The first-order valence-corrected chi connectivity index (χ1v) is 6.06. The lowest BCUT2D eigenvalue weighted by atomic mass is 9.94. The van der Waals surface area contributed by atoms with E-state index in [-0.39, 0.29) is 11.9 Å². The molecular formula is C13H19N3O. The molecule has 4 nitrogen and oxygen atoms in total. The molecule has 2 heterocycles. The van der Waals surface area contributed by atoms with Gasteiger partial charge in [-0.15, -0.1) is 0 Å². The second-order valence-corrected chi connectivity index (χ2v) is 4.85. The van der Waals surface area contributed by atoms with Crippen molar-refractivity contribution >= 4 is 5.91 Å². The van der Waals surface area contributed by atoms with Crippen LogP contribution in [0.25, 0.3) is 0 Å². The molecule has 1 saturated heterocycles. The number of hydrogen-bond donors (Lipinski definition) is 1. The number of nitrogens with two attached hydrogens (primary N) is 1. The van der Waals surface area contributed by atoms with Crippen molar-refractivity contribution in [2.45, 2.75) is 26.3 Å². The highest BCUT2D eigenvalue weighted by molar-refractivity contribution is 5.93. The first-order chi connectivity index (χ1) is 8.09. The highest BCUT2D eigenvalue weighted by Gasteiger charge is 2.27. The molecule has 0 bridgehead atoms. The maximum absolute atomic E-state index is 12.3. The van der Waals surface area contributed by atoms with Crippen molar-refractivity contribution in [1.82, 2.24) is 9.88 Å². The van der Waals surface area contributed by atoms with E-state index in [1.165, 1.54) is 0 Å². The van der Waals surface area contributed by atoms with Gasteiger partial charge in [0.1, 0.15) is 5.69 Å². The Morgan fingerprint density at radius 2 is 2.35 bits per heavy atom. The zero-order valence-corrected chi connectivity index (χ0v) is 10.4. The minimum absolute atomic E-state index is 0.0295. The number of aryl methyl sites for hydroxylation is 1. The second kappa shape index (κ2) is 4.84. The largest absolute Gasteiger partial charge is 0.337 e. The molecule has 17 heavy (non-hydrogen) atoms. The van der Waals surface area contributed by atoms with Crippen molar-refractivity contribution in [2.24, 2.45) is 11.7 Å². The van der Waals surface area contributed by atoms with Crippen LogP contribution < -0.4 is 5.73 Å². The number of nitrogens with zero attached hydrogens (tertiary/aromatic N) is 2. The number of piperidine rings is 1. The normalized spacial score (nSPS) is 24.8. The Bertz CT molecular complexity index is 419. The number of amides is 1. The lowest BCUT2D eigenvalue weighted by molar-refractivity contribution is 0.0657. The Kier molecular flexibility index (Phi) is 3.43. The van der Waals surface area contributed by atoms with Crippen molar-refractivity contribution < 1.29 is 4.79 Å². The molecule has 1 aromatic rings. The van der Waals surface area contributed by atoms with Crippen LogP contribution in [-0.2, 0) is 0 Å². The van der Waals surface area contributed by atoms with Gasteiger partial charge >= 0.3 is 0 Å². The molecule has 1 fully saturated rings. The van der Waals surface area contributed by atoms with E-state index in [1.807, 2.05) is 24.0 Å². The van der Waals surface area contributed by atoms with Gasteiger partial charge < -0.3 is 10.6 Å². The van der Waals surface area contributed by atoms with Crippen molar-refractivity contribution in [2.75, 3.05) is 13.1 Å². The quantitative estimate of drug-likeness (QED) is 0.793. The standard InChI is InChI=1S/C13H19N3O/c1-9-4-3-6-15-12(9)13(17)16-7-5-11(14)10(2)8-16/h3-4,6,10-11H,5,7-8,14H2,1-2H3. The molecule has 0 saturated carbocycles. The zero-order chi connectivity index (χ0) is 12.4. The van der Waals surface area contributed by atoms with Crippen LogP contribution in [0.4, 0.5) is 0 Å². The van der Waals surface area contributed by atoms with E-state index in [4.69, 9.17) is 5.73 Å². The minimum Gasteiger partial charge on any atom is -0.337 e. The number of pyridine rings is 1. The third-order valence-corrected chi connectivity index (χ3v) is 3.47. The summed E-state index contributed by atoms with van der Waals surface area (Å²) < 4.78 is 0. The molecule has 92 valence electrons. The highest BCUT2D eigenvalue weighted by Crippen LogP contribution is 2.17. The number of hydrogen-bond acceptors (Lipinski definition) is 3. The van der Waals surface area contributed by atoms with Gasteiger partial charge in [0.05, 0.1) is 0 Å². The lowest BCUT2D eigenvalue weighted by Crippen LogP contribution is -2.48. The van der Waals surface area contributed by atoms with Crippen LogP contribution >= 0.6 is 0 Å². The van der Waals surface area contributed by atoms with Crippen LogP contribution in [0, 0.1) is 12.8 Å². The van der Waals surface area contributed by atoms with Gasteiger partial charge in [0.25, 0.3) is 5.91 Å². The van der Waals surface area contributed by atoms with Gasteiger partial charge in [0.2, 0.25) is 0 Å². The molecule has 1 aliphatic rings. The molecule has 0 radical (unpaired) electrons. The van der Waals surface area contributed by atoms with E-state index in [9.17, 15) is 4.79 Å². The summed E-state index contributed by atoms with van der Waals surface area (Å²) in [6, 6.07) is 3.98. The first kappa shape index (κ1) is 12.0. The first-order valence-electron chi connectivity index (χ1n) is 6.06. The van der Waals surface area contributed by atoms with Gasteiger partial charge in [-0.3, -0.25) is 9.78 Å². The molecule has 2 rings (SSSR count). The maximum Gasteiger partial charge on any atom is 0.272 e. The van der Waals surface area contributed by atoms with Crippen LogP contribution in [0.5, 0.6) is 0 Å². The monoisotopic (exact) mass is 233 g/mol. The molecule has 1 amide bonds. The molecule has 2 atom stereocenters. The summed E-state index contributed by atoms with van der Waals surface area (Å²) in [6.45, 7) is 5.48. The van der Waals surface area contributed by atoms with Crippen LogP contribution in [0.2, 0.25) is 0 Å². The number of likely N-dealkylation sites (tertiary alicyclic amines) is 1. The molecule has 0 aromatic carbocycles. The summed E-state index contributed by atoms with van der Waals surface area (Å²) in [5.74, 6) is 0.388. The summed E-state index contributed by atoms with van der Waals surface area (Å²) in [6.07, 6.45) is 2.54. The van der Waals surface area contributed by atoms with Crippen LogP contribution in [0.3, 0.4) is 0 Å². The fourth-order valence-corrected chi connectivity index (χ4v) is 2.21. The molecule has 1 aliphatic heterocycles. The van der Waals surface area contributed by atoms with Gasteiger partial charge in [-0.25, -0.2) is 0 Å². The second-order valence-electron chi connectivity index (χ2n) is 4.85. The fourth-order valence-electron chi connectivity index (χ4n) is 2.21. The van der Waals surface area contributed by atoms with Crippen molar-refractivity contribution in [3.8, 4) is 0 Å². The topological polar surface area (TPSA) is 59.2 Å². The molecule has 0 spiro atoms. The smallest absolute Gasteiger partial charge is 0.272 e. The Morgan fingerprint density at radius 3 is 3.00 bits per heavy atom. The predicted octanol–water partition coefficient (Wildman–Crippen LogP) is 1.20. The Labute approximate surface area is 102 Å². The van der Waals surface area contributed by atoms with Gasteiger partial charge in [0.15, 0.2) is 0 Å². The third kappa shape index (κ3) is 2.47. The summed E-state index contributed by atoms with van der Waals surface area (Å²) in [4.78, 5) is 18.3. The van der Waals surface area contributed by atoms with E-state index in [0.717, 1.165) is 25.1 Å². The van der Waals surface area contributed by atoms with Crippen molar-refractivity contribution in [3.63, 3.8) is 0 Å². The predicted molar refractivity (Wildman–Crippen MR) is 66.6 cm³/mol. The van der Waals surface area contributed by atoms with E-state index in [0.29, 0.717) is 11.6 Å². The molecule has 2 unspecified atom stereocenters. The van der Waals surface area contributed by atoms with Crippen LogP contribution in [-0.4, -0.2) is 34.9 Å². The fraction of sp³-hybridized carbons (Fsp3) is 0.538. The number of carbonyl (C=O) groups is 1. The summed E-state index contributed by atoms with van der Waals surface area (Å²) >= 11 is 0. The summed E-state index contributed by atoms with van der Waals surface area (Å²) in [7, 11) is 0. The maximum atomic E-state index is 12.3. The minimum atomic E-state index is 0.0295. The van der Waals surface area contributed by atoms with Crippen molar-refractivity contribution in [3.05, 3.63) is 29.6 Å². The van der Waals surface area contributed by atoms with E-state index in [1.54, 1.807) is 6.20 Å². The van der Waals surface area contributed by atoms with E-state index in [2.05, 4.69) is 11.9 Å². The summed E-state index contributed by atoms with van der Waals surface area (Å²) in [5, 5.41) is 0. The molecule has 0 aliphatic carbocycles. The van der Waals surface area contributed by atoms with Crippen LogP contribution in [0.15, 0.2) is 18.3 Å². The average molecular weight is 233 g/mol. The number of rotatable bonds is 1.